The standard InChI is InChI=1S/C24H28N6O2/c31-13-16-8-9-28(12-16)22-11-21(30-23(22)24(32)25-14-27-30)17-6-7-20-19(10-17)26-15-29(20)18-4-2-1-3-5-18/h6-7,10-11,14-16,18,31H,1-5,8-9,12-13H2,(H,25,27,32). The molecule has 1 saturated heterocycles. The molecular weight excluding hydrogens is 404 g/mol. The molecule has 8 heteroatoms. The molecule has 4 heterocycles. The number of benzene rings is 1. The number of hydrogen-bond acceptors (Lipinski definition) is 5. The van der Waals surface area contributed by atoms with Crippen LogP contribution in [0.25, 0.3) is 27.8 Å². The number of aromatic nitrogens is 5. The van der Waals surface area contributed by atoms with Gasteiger partial charge in [-0.1, -0.05) is 25.3 Å². The van der Waals surface area contributed by atoms with Crippen LogP contribution in [0.2, 0.25) is 0 Å². The van der Waals surface area contributed by atoms with E-state index in [1.165, 1.54) is 38.4 Å². The summed E-state index contributed by atoms with van der Waals surface area (Å²) in [6, 6.07) is 8.95. The third-order valence-corrected chi connectivity index (χ3v) is 7.26. The molecule has 0 spiro atoms. The number of nitrogens with one attached hydrogen (secondary N) is 1. The molecule has 6 rings (SSSR count). The van der Waals surface area contributed by atoms with E-state index in [-0.39, 0.29) is 18.1 Å². The summed E-state index contributed by atoms with van der Waals surface area (Å²) >= 11 is 0. The molecule has 0 bridgehead atoms. The zero-order chi connectivity index (χ0) is 21.7. The second kappa shape index (κ2) is 7.78. The Morgan fingerprint density at radius 3 is 2.81 bits per heavy atom. The summed E-state index contributed by atoms with van der Waals surface area (Å²) in [7, 11) is 0. The second-order valence-corrected chi connectivity index (χ2v) is 9.22. The van der Waals surface area contributed by atoms with Crippen molar-refractivity contribution >= 4 is 22.2 Å². The average Bonchev–Trinajstić information content (AvgIpc) is 3.56. The average molecular weight is 433 g/mol. The molecule has 1 atom stereocenters. The van der Waals surface area contributed by atoms with Gasteiger partial charge in [0.05, 0.1) is 28.7 Å². The van der Waals surface area contributed by atoms with Crippen LogP contribution < -0.4 is 10.5 Å². The van der Waals surface area contributed by atoms with Crippen molar-refractivity contribution in [3.8, 4) is 11.3 Å². The van der Waals surface area contributed by atoms with E-state index in [2.05, 4.69) is 43.8 Å². The molecule has 3 aromatic heterocycles. The van der Waals surface area contributed by atoms with Crippen molar-refractivity contribution < 1.29 is 5.11 Å². The minimum atomic E-state index is -0.156. The number of fused-ring (bicyclic) bond motifs is 2. The smallest absolute Gasteiger partial charge is 0.277 e. The van der Waals surface area contributed by atoms with Crippen LogP contribution in [0.1, 0.15) is 44.6 Å². The van der Waals surface area contributed by atoms with Gasteiger partial charge in [-0.3, -0.25) is 4.79 Å². The Balaban J connectivity index is 1.44. The van der Waals surface area contributed by atoms with E-state index in [1.54, 1.807) is 4.52 Å². The summed E-state index contributed by atoms with van der Waals surface area (Å²) in [5.74, 6) is 0.240. The Morgan fingerprint density at radius 1 is 1.12 bits per heavy atom. The number of aromatic amines is 1. The molecule has 8 nitrogen and oxygen atoms in total. The van der Waals surface area contributed by atoms with Crippen molar-refractivity contribution in [1.29, 1.82) is 0 Å². The number of hydrogen-bond donors (Lipinski definition) is 2. The van der Waals surface area contributed by atoms with Crippen molar-refractivity contribution in [2.45, 2.75) is 44.6 Å². The van der Waals surface area contributed by atoms with Gasteiger partial charge < -0.3 is 19.6 Å². The quantitative estimate of drug-likeness (QED) is 0.516. The number of rotatable bonds is 4. The molecule has 0 amide bonds. The van der Waals surface area contributed by atoms with Gasteiger partial charge in [-0.05, 0) is 37.5 Å². The lowest BCUT2D eigenvalue weighted by atomic mass is 9.95. The summed E-state index contributed by atoms with van der Waals surface area (Å²) in [6.07, 6.45) is 10.7. The third kappa shape index (κ3) is 3.12. The lowest BCUT2D eigenvalue weighted by molar-refractivity contribution is 0.238. The largest absolute Gasteiger partial charge is 0.396 e. The van der Waals surface area contributed by atoms with Gasteiger partial charge >= 0.3 is 0 Å². The lowest BCUT2D eigenvalue weighted by Gasteiger charge is -2.23. The minimum Gasteiger partial charge on any atom is -0.396 e. The Labute approximate surface area is 185 Å². The van der Waals surface area contributed by atoms with Gasteiger partial charge in [-0.2, -0.15) is 5.10 Å². The van der Waals surface area contributed by atoms with Crippen LogP contribution in [0.3, 0.4) is 0 Å². The molecule has 0 radical (unpaired) electrons. The highest BCUT2D eigenvalue weighted by atomic mass is 16.3. The Bertz CT molecular complexity index is 1330. The van der Waals surface area contributed by atoms with Gasteiger partial charge in [0.2, 0.25) is 0 Å². The highest BCUT2D eigenvalue weighted by Crippen LogP contribution is 2.35. The van der Waals surface area contributed by atoms with E-state index in [9.17, 15) is 9.90 Å². The monoisotopic (exact) mass is 432 g/mol. The number of imidazole rings is 1. The van der Waals surface area contributed by atoms with E-state index in [4.69, 9.17) is 4.98 Å². The van der Waals surface area contributed by atoms with E-state index in [0.29, 0.717) is 11.6 Å². The molecule has 32 heavy (non-hydrogen) atoms. The first-order chi connectivity index (χ1) is 15.7. The topological polar surface area (TPSA) is 91.4 Å². The summed E-state index contributed by atoms with van der Waals surface area (Å²) in [5.41, 5.74) is 5.27. The fourth-order valence-electron chi connectivity index (χ4n) is 5.52. The van der Waals surface area contributed by atoms with Crippen LogP contribution in [0.4, 0.5) is 5.69 Å². The van der Waals surface area contributed by atoms with Crippen molar-refractivity contribution in [3.63, 3.8) is 0 Å². The first-order valence-corrected chi connectivity index (χ1v) is 11.6. The predicted octanol–water partition coefficient (Wildman–Crippen LogP) is 3.36. The van der Waals surface area contributed by atoms with Gasteiger partial charge in [-0.15, -0.1) is 0 Å². The highest BCUT2D eigenvalue weighted by molar-refractivity contribution is 5.86. The molecule has 1 aromatic carbocycles. The van der Waals surface area contributed by atoms with Crippen LogP contribution >= 0.6 is 0 Å². The van der Waals surface area contributed by atoms with Gasteiger partial charge in [0.15, 0.2) is 5.52 Å². The third-order valence-electron chi connectivity index (χ3n) is 7.26. The molecule has 1 aliphatic heterocycles. The maximum atomic E-state index is 12.7. The molecule has 1 aliphatic carbocycles. The van der Waals surface area contributed by atoms with Crippen LogP contribution in [0, 0.1) is 5.92 Å². The van der Waals surface area contributed by atoms with Gasteiger partial charge in [0, 0.05) is 37.2 Å². The summed E-state index contributed by atoms with van der Waals surface area (Å²) in [4.78, 5) is 22.4. The maximum Gasteiger partial charge on any atom is 0.277 e. The number of anilines is 1. The molecule has 2 N–H and O–H groups in total. The van der Waals surface area contributed by atoms with Gasteiger partial charge in [-0.25, -0.2) is 9.50 Å². The first kappa shape index (κ1) is 19.5. The van der Waals surface area contributed by atoms with Crippen molar-refractivity contribution in [3.05, 3.63) is 47.3 Å². The number of aliphatic hydroxyl groups excluding tert-OH is 1. The Kier molecular flexibility index (Phi) is 4.75. The zero-order valence-electron chi connectivity index (χ0n) is 18.1. The fraction of sp³-hybridized carbons (Fsp3) is 0.458. The van der Waals surface area contributed by atoms with Crippen LogP contribution in [-0.2, 0) is 0 Å². The van der Waals surface area contributed by atoms with E-state index < -0.39 is 0 Å². The fourth-order valence-corrected chi connectivity index (χ4v) is 5.52. The summed E-state index contributed by atoms with van der Waals surface area (Å²) < 4.78 is 4.07. The van der Waals surface area contributed by atoms with Crippen molar-refractivity contribution in [2.75, 3.05) is 24.6 Å². The SMILES string of the molecule is O=c1[nH]cnn2c(-c3ccc4c(c3)ncn4C3CCCCC3)cc(N3CCC(CO)C3)c12. The highest BCUT2D eigenvalue weighted by Gasteiger charge is 2.27. The van der Waals surface area contributed by atoms with E-state index in [0.717, 1.165) is 47.5 Å². The predicted molar refractivity (Wildman–Crippen MR) is 124 cm³/mol. The Hall–Kier alpha value is -3.13. The first-order valence-electron chi connectivity index (χ1n) is 11.6. The second-order valence-electron chi connectivity index (χ2n) is 9.22. The number of aliphatic hydroxyl groups is 1. The van der Waals surface area contributed by atoms with Crippen LogP contribution in [0.5, 0.6) is 0 Å². The number of H-pyrrole nitrogens is 1. The molecule has 1 unspecified atom stereocenters. The van der Waals surface area contributed by atoms with E-state index in [1.807, 2.05) is 6.33 Å². The number of nitrogens with zero attached hydrogens (tertiary/aromatic N) is 5. The van der Waals surface area contributed by atoms with E-state index >= 15 is 0 Å². The zero-order valence-corrected chi connectivity index (χ0v) is 18.1. The Morgan fingerprint density at radius 2 is 2.00 bits per heavy atom. The summed E-state index contributed by atoms with van der Waals surface area (Å²) in [5, 5.41) is 14.0. The summed E-state index contributed by atoms with van der Waals surface area (Å²) in [6.45, 7) is 1.74. The van der Waals surface area contributed by atoms with Crippen molar-refractivity contribution in [1.82, 2.24) is 24.1 Å². The molecule has 166 valence electrons. The van der Waals surface area contributed by atoms with Gasteiger partial charge in [0.1, 0.15) is 6.33 Å². The van der Waals surface area contributed by atoms with Crippen LogP contribution in [0.15, 0.2) is 41.7 Å². The molecule has 2 aliphatic rings. The molecular formula is C24H28N6O2. The lowest BCUT2D eigenvalue weighted by Crippen LogP contribution is -2.22. The molecule has 2 fully saturated rings. The molecule has 4 aromatic rings. The maximum absolute atomic E-state index is 12.7. The minimum absolute atomic E-state index is 0.156. The molecule has 1 saturated carbocycles. The normalized spacial score (nSPS) is 20.0. The van der Waals surface area contributed by atoms with Gasteiger partial charge in [0.25, 0.3) is 5.56 Å². The van der Waals surface area contributed by atoms with Crippen molar-refractivity contribution in [2.24, 2.45) is 5.92 Å². The van der Waals surface area contributed by atoms with Crippen LogP contribution in [-0.4, -0.2) is 49.0 Å².